The van der Waals surface area contributed by atoms with Crippen molar-refractivity contribution in [2.24, 2.45) is 0 Å². The fourth-order valence-corrected chi connectivity index (χ4v) is 2.37. The van der Waals surface area contributed by atoms with Gasteiger partial charge in [-0.2, -0.15) is 0 Å². The summed E-state index contributed by atoms with van der Waals surface area (Å²) in [6.45, 7) is 3.89. The maximum atomic E-state index is 11.7. The van der Waals surface area contributed by atoms with Gasteiger partial charge in [0, 0.05) is 16.8 Å². The number of carboxylic acids is 1. The Morgan fingerprint density at radius 1 is 1.45 bits per heavy atom. The fraction of sp³-hybridized carbons (Fsp3) is 0.250. The van der Waals surface area contributed by atoms with E-state index in [9.17, 15) is 9.59 Å². The molecule has 0 atom stereocenters. The molecule has 8 heteroatoms. The van der Waals surface area contributed by atoms with E-state index in [4.69, 9.17) is 5.11 Å². The van der Waals surface area contributed by atoms with Crippen LogP contribution in [0.4, 0.5) is 10.5 Å². The van der Waals surface area contributed by atoms with Crippen molar-refractivity contribution in [1.29, 1.82) is 0 Å². The number of anilines is 1. The first-order valence-corrected chi connectivity index (χ1v) is 6.72. The highest BCUT2D eigenvalue weighted by molar-refractivity contribution is 7.09. The molecule has 4 N–H and O–H groups in total. The molecule has 0 aliphatic carbocycles. The Kier molecular flexibility index (Phi) is 4.04. The van der Waals surface area contributed by atoms with E-state index >= 15 is 0 Å². The van der Waals surface area contributed by atoms with E-state index < -0.39 is 12.0 Å². The lowest BCUT2D eigenvalue weighted by Gasteiger charge is -2.05. The minimum Gasteiger partial charge on any atom is -0.477 e. The van der Waals surface area contributed by atoms with Gasteiger partial charge >= 0.3 is 12.0 Å². The Balaban J connectivity index is 1.96. The molecule has 0 aliphatic rings. The van der Waals surface area contributed by atoms with Crippen molar-refractivity contribution in [3.8, 4) is 0 Å². The summed E-state index contributed by atoms with van der Waals surface area (Å²) < 4.78 is 0. The summed E-state index contributed by atoms with van der Waals surface area (Å²) in [6.07, 6.45) is 0. The zero-order valence-corrected chi connectivity index (χ0v) is 11.8. The number of aromatic nitrogens is 2. The molecule has 0 bridgehead atoms. The number of aromatic carboxylic acids is 1. The van der Waals surface area contributed by atoms with Crippen LogP contribution in [0.15, 0.2) is 11.4 Å². The standard InChI is InChI=1S/C12H14N4O3S/c1-6-3-8(10(15-6)11(17)18)16-12(19)13-4-9-14-7(2)5-20-9/h3,5,15H,4H2,1-2H3,(H,17,18)(H2,13,16,19). The van der Waals surface area contributed by atoms with Gasteiger partial charge in [-0.25, -0.2) is 14.6 Å². The largest absolute Gasteiger partial charge is 0.477 e. The summed E-state index contributed by atoms with van der Waals surface area (Å²) >= 11 is 1.46. The number of aryl methyl sites for hydroxylation is 2. The number of aromatic amines is 1. The third kappa shape index (κ3) is 3.35. The van der Waals surface area contributed by atoms with Crippen molar-refractivity contribution in [2.45, 2.75) is 20.4 Å². The van der Waals surface area contributed by atoms with Crippen LogP contribution < -0.4 is 10.6 Å². The summed E-state index contributed by atoms with van der Waals surface area (Å²) in [5.74, 6) is -1.12. The Morgan fingerprint density at radius 3 is 2.80 bits per heavy atom. The van der Waals surface area contributed by atoms with Gasteiger partial charge < -0.3 is 20.7 Å². The van der Waals surface area contributed by atoms with Gasteiger partial charge in [0.2, 0.25) is 0 Å². The quantitative estimate of drug-likeness (QED) is 0.692. The van der Waals surface area contributed by atoms with Crippen molar-refractivity contribution in [3.05, 3.63) is 33.5 Å². The molecule has 0 aliphatic heterocycles. The number of rotatable bonds is 4. The smallest absolute Gasteiger partial charge is 0.354 e. The zero-order chi connectivity index (χ0) is 14.7. The van der Waals surface area contributed by atoms with E-state index in [-0.39, 0.29) is 11.4 Å². The Hall–Kier alpha value is -2.35. The molecule has 2 rings (SSSR count). The summed E-state index contributed by atoms with van der Waals surface area (Å²) in [6, 6.07) is 1.09. The van der Waals surface area contributed by atoms with Crippen molar-refractivity contribution in [1.82, 2.24) is 15.3 Å². The van der Waals surface area contributed by atoms with E-state index in [2.05, 4.69) is 20.6 Å². The number of H-pyrrole nitrogens is 1. The van der Waals surface area contributed by atoms with Gasteiger partial charge in [0.1, 0.15) is 10.7 Å². The van der Waals surface area contributed by atoms with Crippen LogP contribution in [-0.4, -0.2) is 27.1 Å². The van der Waals surface area contributed by atoms with Crippen LogP contribution in [0.5, 0.6) is 0 Å². The SMILES string of the molecule is Cc1csc(CNC(=O)Nc2cc(C)[nH]c2C(=O)O)n1. The van der Waals surface area contributed by atoms with E-state index in [0.29, 0.717) is 12.2 Å². The predicted molar refractivity (Wildman–Crippen MR) is 75.2 cm³/mol. The molecule has 2 heterocycles. The maximum absolute atomic E-state index is 11.7. The van der Waals surface area contributed by atoms with Gasteiger partial charge in [0.15, 0.2) is 0 Å². The van der Waals surface area contributed by atoms with Crippen molar-refractivity contribution in [3.63, 3.8) is 0 Å². The van der Waals surface area contributed by atoms with E-state index in [1.807, 2.05) is 12.3 Å². The molecule has 2 amide bonds. The van der Waals surface area contributed by atoms with E-state index in [1.165, 1.54) is 11.3 Å². The van der Waals surface area contributed by atoms with Crippen molar-refractivity contribution < 1.29 is 14.7 Å². The van der Waals surface area contributed by atoms with Gasteiger partial charge in [-0.1, -0.05) is 0 Å². The molecule has 2 aromatic rings. The summed E-state index contributed by atoms with van der Waals surface area (Å²) in [5, 5.41) is 16.8. The molecule has 0 fully saturated rings. The van der Waals surface area contributed by atoms with Crippen LogP contribution in [0.25, 0.3) is 0 Å². The third-order valence-corrected chi connectivity index (χ3v) is 3.45. The Morgan fingerprint density at radius 2 is 2.20 bits per heavy atom. The number of carbonyl (C=O) groups is 2. The number of carbonyl (C=O) groups excluding carboxylic acids is 1. The minimum atomic E-state index is -1.12. The number of carboxylic acid groups (broad SMARTS) is 1. The molecule has 0 unspecified atom stereocenters. The number of urea groups is 1. The summed E-state index contributed by atoms with van der Waals surface area (Å²) in [5.41, 5.74) is 1.76. The van der Waals surface area contributed by atoms with Gasteiger partial charge in [-0.15, -0.1) is 11.3 Å². The molecule has 0 radical (unpaired) electrons. The Labute approximate surface area is 119 Å². The van der Waals surface area contributed by atoms with Crippen LogP contribution in [-0.2, 0) is 6.54 Å². The average molecular weight is 294 g/mol. The van der Waals surface area contributed by atoms with Crippen LogP contribution in [0.2, 0.25) is 0 Å². The van der Waals surface area contributed by atoms with Gasteiger partial charge in [-0.3, -0.25) is 0 Å². The highest BCUT2D eigenvalue weighted by Gasteiger charge is 2.15. The first-order valence-electron chi connectivity index (χ1n) is 5.84. The van der Waals surface area contributed by atoms with Crippen LogP contribution >= 0.6 is 11.3 Å². The minimum absolute atomic E-state index is 0.0391. The number of thiazole rings is 1. The average Bonchev–Trinajstić information content (AvgIpc) is 2.93. The topological polar surface area (TPSA) is 107 Å². The molecule has 0 saturated carbocycles. The second-order valence-corrected chi connectivity index (χ2v) is 5.18. The van der Waals surface area contributed by atoms with Crippen LogP contribution in [0.3, 0.4) is 0 Å². The maximum Gasteiger partial charge on any atom is 0.354 e. The highest BCUT2D eigenvalue weighted by Crippen LogP contribution is 2.16. The third-order valence-electron chi connectivity index (χ3n) is 2.48. The lowest BCUT2D eigenvalue weighted by molar-refractivity contribution is 0.0692. The number of nitrogens with one attached hydrogen (secondary N) is 3. The summed E-state index contributed by atoms with van der Waals surface area (Å²) in [4.78, 5) is 29.6. The molecule has 0 spiro atoms. The second kappa shape index (κ2) is 5.74. The fourth-order valence-electron chi connectivity index (χ4n) is 1.66. The van der Waals surface area contributed by atoms with E-state index in [0.717, 1.165) is 10.7 Å². The van der Waals surface area contributed by atoms with Crippen LogP contribution in [0, 0.1) is 13.8 Å². The molecule has 0 aromatic carbocycles. The van der Waals surface area contributed by atoms with Gasteiger partial charge in [0.25, 0.3) is 0 Å². The number of hydrogen-bond donors (Lipinski definition) is 4. The second-order valence-electron chi connectivity index (χ2n) is 4.24. The summed E-state index contributed by atoms with van der Waals surface area (Å²) in [7, 11) is 0. The van der Waals surface area contributed by atoms with E-state index in [1.54, 1.807) is 13.0 Å². The highest BCUT2D eigenvalue weighted by atomic mass is 32.1. The van der Waals surface area contributed by atoms with Crippen molar-refractivity contribution in [2.75, 3.05) is 5.32 Å². The lowest BCUT2D eigenvalue weighted by Crippen LogP contribution is -2.28. The molecule has 20 heavy (non-hydrogen) atoms. The number of amides is 2. The normalized spacial score (nSPS) is 10.3. The van der Waals surface area contributed by atoms with Gasteiger partial charge in [0.05, 0.1) is 12.2 Å². The molecule has 2 aromatic heterocycles. The first kappa shape index (κ1) is 14.1. The monoisotopic (exact) mass is 294 g/mol. The number of nitrogens with zero attached hydrogens (tertiary/aromatic N) is 1. The molecular formula is C12H14N4O3S. The predicted octanol–water partition coefficient (Wildman–Crippen LogP) is 2.11. The first-order chi connectivity index (χ1) is 9.45. The van der Waals surface area contributed by atoms with Gasteiger partial charge in [-0.05, 0) is 19.9 Å². The van der Waals surface area contributed by atoms with Crippen LogP contribution in [0.1, 0.15) is 26.9 Å². The molecular weight excluding hydrogens is 280 g/mol. The molecule has 106 valence electrons. The molecule has 0 saturated heterocycles. The van der Waals surface area contributed by atoms with Crippen molar-refractivity contribution >= 4 is 29.0 Å². The molecule has 7 nitrogen and oxygen atoms in total. The Bertz CT molecular complexity index is 647. The number of hydrogen-bond acceptors (Lipinski definition) is 4. The zero-order valence-electron chi connectivity index (χ0n) is 11.0. The lowest BCUT2D eigenvalue weighted by atomic mass is 10.3.